The first-order valence-corrected chi connectivity index (χ1v) is 4.82. The Morgan fingerprint density at radius 1 is 1.50 bits per heavy atom. The van der Waals surface area contributed by atoms with Gasteiger partial charge in [0.25, 0.3) is 0 Å². The molecule has 0 aromatic heterocycles. The maximum Gasteiger partial charge on any atom is 0.405 e. The zero-order valence-corrected chi connectivity index (χ0v) is 9.29. The van der Waals surface area contributed by atoms with E-state index >= 15 is 0 Å². The van der Waals surface area contributed by atoms with Crippen LogP contribution in [0.3, 0.4) is 0 Å². The Hall–Kier alpha value is -1.78. The first-order valence-electron chi connectivity index (χ1n) is 4.82. The van der Waals surface area contributed by atoms with Crippen LogP contribution >= 0.6 is 0 Å². The summed E-state index contributed by atoms with van der Waals surface area (Å²) in [6.07, 6.45) is -0.556. The van der Waals surface area contributed by atoms with E-state index in [2.05, 4.69) is 0 Å². The smallest absolute Gasteiger partial charge is 0.405 e. The van der Waals surface area contributed by atoms with Gasteiger partial charge in [-0.05, 0) is 37.6 Å². The third-order valence-corrected chi connectivity index (χ3v) is 2.10. The van der Waals surface area contributed by atoms with Crippen LogP contribution in [-0.2, 0) is 11.2 Å². The van der Waals surface area contributed by atoms with Crippen molar-refractivity contribution in [3.63, 3.8) is 0 Å². The summed E-state index contributed by atoms with van der Waals surface area (Å²) >= 11 is 0. The second-order valence-electron chi connectivity index (χ2n) is 4.20. The van der Waals surface area contributed by atoms with E-state index in [1.165, 1.54) is 18.2 Å². The normalized spacial score (nSPS) is 11.2. The first-order chi connectivity index (χ1) is 7.30. The number of carbonyl (C=O) groups is 1. The molecular formula is C11H15FN2O2. The molecule has 0 aliphatic carbocycles. The van der Waals surface area contributed by atoms with Crippen molar-refractivity contribution >= 4 is 11.8 Å². The average Bonchev–Trinajstić information content (AvgIpc) is 2.08. The van der Waals surface area contributed by atoms with E-state index in [-0.39, 0.29) is 5.82 Å². The van der Waals surface area contributed by atoms with Crippen molar-refractivity contribution in [1.29, 1.82) is 0 Å². The Kier molecular flexibility index (Phi) is 3.37. The molecule has 0 atom stereocenters. The van der Waals surface area contributed by atoms with Crippen LogP contribution in [0.5, 0.6) is 0 Å². The summed E-state index contributed by atoms with van der Waals surface area (Å²) in [5, 5.41) is 0. The van der Waals surface area contributed by atoms with Crippen LogP contribution in [0.25, 0.3) is 0 Å². The van der Waals surface area contributed by atoms with E-state index in [1.54, 1.807) is 13.8 Å². The number of benzene rings is 1. The van der Waals surface area contributed by atoms with E-state index in [0.717, 1.165) is 0 Å². The number of carbonyl (C=O) groups excluding carboxylic acids is 1. The van der Waals surface area contributed by atoms with E-state index < -0.39 is 11.7 Å². The van der Waals surface area contributed by atoms with Crippen molar-refractivity contribution in [2.45, 2.75) is 25.9 Å². The van der Waals surface area contributed by atoms with E-state index in [4.69, 9.17) is 16.2 Å². The van der Waals surface area contributed by atoms with Crippen molar-refractivity contribution in [2.75, 3.05) is 5.73 Å². The second-order valence-corrected chi connectivity index (χ2v) is 4.20. The number of hydrogen-bond acceptors (Lipinski definition) is 3. The molecule has 88 valence electrons. The summed E-state index contributed by atoms with van der Waals surface area (Å²) in [5.41, 5.74) is 10.9. The monoisotopic (exact) mass is 226 g/mol. The van der Waals surface area contributed by atoms with Crippen LogP contribution in [-0.4, -0.2) is 11.7 Å². The lowest BCUT2D eigenvalue weighted by molar-refractivity contribution is 0.0461. The van der Waals surface area contributed by atoms with Gasteiger partial charge in [0.2, 0.25) is 0 Å². The molecule has 0 aliphatic rings. The summed E-state index contributed by atoms with van der Waals surface area (Å²) in [6, 6.07) is 4.08. The molecule has 1 rings (SSSR count). The summed E-state index contributed by atoms with van der Waals surface area (Å²) < 4.78 is 17.9. The van der Waals surface area contributed by atoms with E-state index in [9.17, 15) is 9.18 Å². The largest absolute Gasteiger partial charge is 0.443 e. The summed E-state index contributed by atoms with van der Waals surface area (Å²) in [5.74, 6) is -0.376. The van der Waals surface area contributed by atoms with Gasteiger partial charge in [0.05, 0.1) is 0 Å². The number of halogens is 1. The highest BCUT2D eigenvalue weighted by molar-refractivity contribution is 5.65. The molecule has 4 N–H and O–H groups in total. The van der Waals surface area contributed by atoms with E-state index in [0.29, 0.717) is 17.7 Å². The van der Waals surface area contributed by atoms with Gasteiger partial charge in [0.1, 0.15) is 11.4 Å². The highest BCUT2D eigenvalue weighted by Crippen LogP contribution is 2.22. The third-order valence-electron chi connectivity index (χ3n) is 2.10. The van der Waals surface area contributed by atoms with Crippen molar-refractivity contribution < 1.29 is 13.9 Å². The van der Waals surface area contributed by atoms with Gasteiger partial charge in [-0.1, -0.05) is 0 Å². The minimum Gasteiger partial charge on any atom is -0.443 e. The number of rotatable bonds is 3. The number of nitrogen functional groups attached to an aromatic ring is 1. The number of nitrogens with two attached hydrogens (primary N) is 2. The van der Waals surface area contributed by atoms with Crippen molar-refractivity contribution in [2.24, 2.45) is 5.73 Å². The topological polar surface area (TPSA) is 78.3 Å². The van der Waals surface area contributed by atoms with Crippen LogP contribution < -0.4 is 11.5 Å². The molecule has 1 aromatic rings. The standard InChI is InChI=1S/C11H15FN2O2/c1-11(2,16-10(14)15)6-7-5-8(12)3-4-9(7)13/h3-5H,6,13H2,1-2H3,(H2,14,15). The van der Waals surface area contributed by atoms with Gasteiger partial charge in [-0.25, -0.2) is 9.18 Å². The Balaban J connectivity index is 2.86. The zero-order chi connectivity index (χ0) is 12.3. The van der Waals surface area contributed by atoms with Gasteiger partial charge in [0.15, 0.2) is 0 Å². The molecule has 0 unspecified atom stereocenters. The molecule has 0 radical (unpaired) electrons. The Bertz CT molecular complexity index is 405. The zero-order valence-electron chi connectivity index (χ0n) is 9.29. The number of primary amides is 1. The second kappa shape index (κ2) is 4.38. The molecule has 0 heterocycles. The Labute approximate surface area is 93.4 Å². The van der Waals surface area contributed by atoms with Crippen molar-refractivity contribution in [3.8, 4) is 0 Å². The third kappa shape index (κ3) is 3.42. The molecule has 0 bridgehead atoms. The van der Waals surface area contributed by atoms with E-state index in [1.807, 2.05) is 0 Å². The highest BCUT2D eigenvalue weighted by atomic mass is 19.1. The molecule has 0 saturated heterocycles. The quantitative estimate of drug-likeness (QED) is 0.771. The minimum atomic E-state index is -0.861. The summed E-state index contributed by atoms with van der Waals surface area (Å²) in [7, 11) is 0. The molecule has 16 heavy (non-hydrogen) atoms. The van der Waals surface area contributed by atoms with Crippen LogP contribution in [0.4, 0.5) is 14.9 Å². The predicted molar refractivity (Wildman–Crippen MR) is 59.3 cm³/mol. The molecule has 5 heteroatoms. The van der Waals surface area contributed by atoms with Crippen LogP contribution in [0.2, 0.25) is 0 Å². The lowest BCUT2D eigenvalue weighted by Crippen LogP contribution is -2.33. The SMILES string of the molecule is CC(C)(Cc1cc(F)ccc1N)OC(N)=O. The molecule has 0 saturated carbocycles. The van der Waals surface area contributed by atoms with Gasteiger partial charge in [-0.3, -0.25) is 0 Å². The van der Waals surface area contributed by atoms with Crippen molar-refractivity contribution in [3.05, 3.63) is 29.6 Å². The van der Waals surface area contributed by atoms with Gasteiger partial charge < -0.3 is 16.2 Å². The number of anilines is 1. The molecular weight excluding hydrogens is 211 g/mol. The van der Waals surface area contributed by atoms with Gasteiger partial charge in [0, 0.05) is 12.1 Å². The number of amides is 1. The number of ether oxygens (including phenoxy) is 1. The average molecular weight is 226 g/mol. The lowest BCUT2D eigenvalue weighted by Gasteiger charge is -2.24. The number of hydrogen-bond donors (Lipinski definition) is 2. The Morgan fingerprint density at radius 3 is 2.69 bits per heavy atom. The highest BCUT2D eigenvalue weighted by Gasteiger charge is 2.23. The molecule has 0 fully saturated rings. The van der Waals surface area contributed by atoms with Crippen LogP contribution in [0.1, 0.15) is 19.4 Å². The first kappa shape index (κ1) is 12.3. The minimum absolute atomic E-state index is 0.305. The van der Waals surface area contributed by atoms with Crippen LogP contribution in [0, 0.1) is 5.82 Å². The molecule has 1 aromatic carbocycles. The fourth-order valence-corrected chi connectivity index (χ4v) is 1.49. The Morgan fingerprint density at radius 2 is 2.12 bits per heavy atom. The molecule has 0 spiro atoms. The fraction of sp³-hybridized carbons (Fsp3) is 0.364. The van der Waals surface area contributed by atoms with Gasteiger partial charge >= 0.3 is 6.09 Å². The van der Waals surface area contributed by atoms with Crippen LogP contribution in [0.15, 0.2) is 18.2 Å². The maximum absolute atomic E-state index is 13.0. The summed E-state index contributed by atoms with van der Waals surface area (Å²) in [4.78, 5) is 10.7. The molecule has 0 aliphatic heterocycles. The lowest BCUT2D eigenvalue weighted by atomic mass is 9.97. The predicted octanol–water partition coefficient (Wildman–Crippen LogP) is 1.82. The molecule has 4 nitrogen and oxygen atoms in total. The van der Waals surface area contributed by atoms with Gasteiger partial charge in [-0.15, -0.1) is 0 Å². The fourth-order valence-electron chi connectivity index (χ4n) is 1.49. The summed E-state index contributed by atoms with van der Waals surface area (Å²) in [6.45, 7) is 3.37. The van der Waals surface area contributed by atoms with Gasteiger partial charge in [-0.2, -0.15) is 0 Å². The van der Waals surface area contributed by atoms with Crippen molar-refractivity contribution in [1.82, 2.24) is 0 Å². The maximum atomic E-state index is 13.0. The molecule has 1 amide bonds.